The molecule has 0 spiro atoms. The lowest BCUT2D eigenvalue weighted by atomic mass is 10.1. The molecule has 2 N–H and O–H groups in total. The van der Waals surface area contributed by atoms with E-state index < -0.39 is 6.03 Å². The SMILES string of the molecule is Cn1cc(Br)c(-c2cccc(N(Cc3ccc(F)cc3)C(N)=O)c2)n1. The maximum Gasteiger partial charge on any atom is 0.319 e. The highest BCUT2D eigenvalue weighted by Crippen LogP contribution is 2.29. The predicted molar refractivity (Wildman–Crippen MR) is 98.5 cm³/mol. The summed E-state index contributed by atoms with van der Waals surface area (Å²) in [5.41, 5.74) is 8.61. The van der Waals surface area contributed by atoms with E-state index in [-0.39, 0.29) is 12.4 Å². The molecule has 2 aromatic carbocycles. The van der Waals surface area contributed by atoms with Crippen LogP contribution in [0.1, 0.15) is 5.56 Å². The Labute approximate surface area is 153 Å². The average Bonchev–Trinajstić information content (AvgIpc) is 2.92. The number of carbonyl (C=O) groups excluding carboxylic acids is 1. The molecule has 25 heavy (non-hydrogen) atoms. The van der Waals surface area contributed by atoms with Crippen LogP contribution in [-0.2, 0) is 13.6 Å². The summed E-state index contributed by atoms with van der Waals surface area (Å²) >= 11 is 3.48. The van der Waals surface area contributed by atoms with Crippen LogP contribution in [0.4, 0.5) is 14.9 Å². The first kappa shape index (κ1) is 17.2. The summed E-state index contributed by atoms with van der Waals surface area (Å²) in [5, 5.41) is 4.41. The number of hydrogen-bond donors (Lipinski definition) is 1. The van der Waals surface area contributed by atoms with Crippen LogP contribution in [0.25, 0.3) is 11.3 Å². The van der Waals surface area contributed by atoms with Crippen LogP contribution in [0.3, 0.4) is 0 Å². The number of primary amides is 1. The molecule has 0 saturated carbocycles. The molecule has 7 heteroatoms. The minimum atomic E-state index is -0.582. The standard InChI is InChI=1S/C18H16BrFN4O/c1-23-11-16(19)17(22-23)13-3-2-4-15(9-13)24(18(21)25)10-12-5-7-14(20)8-6-12/h2-9,11H,10H2,1H3,(H2,21,25). The van der Waals surface area contributed by atoms with E-state index in [0.29, 0.717) is 5.69 Å². The van der Waals surface area contributed by atoms with Crippen LogP contribution in [-0.4, -0.2) is 15.8 Å². The number of halogens is 2. The molecule has 0 aliphatic heterocycles. The summed E-state index contributed by atoms with van der Waals surface area (Å²) in [6.07, 6.45) is 1.85. The van der Waals surface area contributed by atoms with Gasteiger partial charge in [-0.3, -0.25) is 9.58 Å². The van der Waals surface area contributed by atoms with Gasteiger partial charge < -0.3 is 5.73 Å². The van der Waals surface area contributed by atoms with Crippen LogP contribution >= 0.6 is 15.9 Å². The predicted octanol–water partition coefficient (Wildman–Crippen LogP) is 4.07. The Morgan fingerprint density at radius 3 is 2.60 bits per heavy atom. The molecule has 0 bridgehead atoms. The third-order valence-corrected chi connectivity index (χ3v) is 4.32. The zero-order valence-electron chi connectivity index (χ0n) is 13.5. The van der Waals surface area contributed by atoms with Crippen LogP contribution in [0.5, 0.6) is 0 Å². The van der Waals surface area contributed by atoms with Gasteiger partial charge in [0.15, 0.2) is 0 Å². The molecule has 0 aliphatic rings. The number of aryl methyl sites for hydroxylation is 1. The van der Waals surface area contributed by atoms with E-state index in [1.54, 1.807) is 22.9 Å². The number of urea groups is 1. The molecule has 128 valence electrons. The number of rotatable bonds is 4. The number of benzene rings is 2. The Hall–Kier alpha value is -2.67. The maximum absolute atomic E-state index is 13.1. The third-order valence-electron chi connectivity index (χ3n) is 3.74. The van der Waals surface area contributed by atoms with Crippen molar-refractivity contribution in [3.8, 4) is 11.3 Å². The lowest BCUT2D eigenvalue weighted by molar-refractivity contribution is 0.253. The minimum Gasteiger partial charge on any atom is -0.351 e. The molecule has 1 aromatic heterocycles. The van der Waals surface area contributed by atoms with E-state index in [1.165, 1.54) is 17.0 Å². The molecule has 0 aliphatic carbocycles. The van der Waals surface area contributed by atoms with Crippen molar-refractivity contribution in [3.05, 3.63) is 70.6 Å². The number of aromatic nitrogens is 2. The van der Waals surface area contributed by atoms with Crippen molar-refractivity contribution in [2.45, 2.75) is 6.54 Å². The molecular weight excluding hydrogens is 387 g/mol. The van der Waals surface area contributed by atoms with E-state index in [2.05, 4.69) is 21.0 Å². The quantitative estimate of drug-likeness (QED) is 0.714. The van der Waals surface area contributed by atoms with Gasteiger partial charge in [0.2, 0.25) is 0 Å². The number of nitrogens with two attached hydrogens (primary N) is 1. The molecular formula is C18H16BrFN4O. The van der Waals surface area contributed by atoms with E-state index in [9.17, 15) is 9.18 Å². The molecule has 0 saturated heterocycles. The summed E-state index contributed by atoms with van der Waals surface area (Å²) in [5.74, 6) is -0.323. The van der Waals surface area contributed by atoms with Crippen molar-refractivity contribution < 1.29 is 9.18 Å². The first-order chi connectivity index (χ1) is 11.9. The largest absolute Gasteiger partial charge is 0.351 e. The summed E-state index contributed by atoms with van der Waals surface area (Å²) in [6, 6.07) is 12.8. The van der Waals surface area contributed by atoms with E-state index in [0.717, 1.165) is 21.3 Å². The first-order valence-electron chi connectivity index (χ1n) is 7.55. The monoisotopic (exact) mass is 402 g/mol. The summed E-state index contributed by atoms with van der Waals surface area (Å²) in [4.78, 5) is 13.4. The minimum absolute atomic E-state index is 0.252. The Balaban J connectivity index is 1.94. The second kappa shape index (κ2) is 7.06. The first-order valence-corrected chi connectivity index (χ1v) is 8.34. The van der Waals surface area contributed by atoms with Gasteiger partial charge >= 0.3 is 6.03 Å². The zero-order valence-corrected chi connectivity index (χ0v) is 15.1. The Morgan fingerprint density at radius 2 is 2.00 bits per heavy atom. The Kier molecular flexibility index (Phi) is 4.85. The fraction of sp³-hybridized carbons (Fsp3) is 0.111. The van der Waals surface area contributed by atoms with Gasteiger partial charge in [-0.1, -0.05) is 24.3 Å². The fourth-order valence-electron chi connectivity index (χ4n) is 2.55. The highest BCUT2D eigenvalue weighted by atomic mass is 79.9. The van der Waals surface area contributed by atoms with Crippen molar-refractivity contribution in [1.29, 1.82) is 0 Å². The Bertz CT molecular complexity index is 908. The Morgan fingerprint density at radius 1 is 1.28 bits per heavy atom. The van der Waals surface area contributed by atoms with Gasteiger partial charge in [-0.25, -0.2) is 9.18 Å². The highest BCUT2D eigenvalue weighted by Gasteiger charge is 2.15. The van der Waals surface area contributed by atoms with Gasteiger partial charge in [-0.2, -0.15) is 5.10 Å². The van der Waals surface area contributed by atoms with Crippen molar-refractivity contribution in [3.63, 3.8) is 0 Å². The zero-order chi connectivity index (χ0) is 18.0. The summed E-state index contributed by atoms with van der Waals surface area (Å²) < 4.78 is 15.6. The number of nitrogens with zero attached hydrogens (tertiary/aromatic N) is 3. The van der Waals surface area contributed by atoms with Crippen LogP contribution < -0.4 is 10.6 Å². The lowest BCUT2D eigenvalue weighted by Gasteiger charge is -2.21. The van der Waals surface area contributed by atoms with Gasteiger partial charge in [0.05, 0.1) is 11.0 Å². The molecule has 0 atom stereocenters. The summed E-state index contributed by atoms with van der Waals surface area (Å²) in [7, 11) is 1.84. The van der Waals surface area contributed by atoms with Crippen LogP contribution in [0.15, 0.2) is 59.2 Å². The fourth-order valence-corrected chi connectivity index (χ4v) is 3.15. The van der Waals surface area contributed by atoms with E-state index >= 15 is 0 Å². The van der Waals surface area contributed by atoms with E-state index in [1.807, 2.05) is 31.4 Å². The van der Waals surface area contributed by atoms with Gasteiger partial charge in [-0.05, 0) is 45.8 Å². The number of hydrogen-bond acceptors (Lipinski definition) is 2. The van der Waals surface area contributed by atoms with Crippen molar-refractivity contribution in [1.82, 2.24) is 9.78 Å². The molecule has 0 radical (unpaired) electrons. The molecule has 0 fully saturated rings. The second-order valence-electron chi connectivity index (χ2n) is 5.60. The number of amides is 2. The summed E-state index contributed by atoms with van der Waals surface area (Å²) in [6.45, 7) is 0.252. The molecule has 5 nitrogen and oxygen atoms in total. The topological polar surface area (TPSA) is 64.2 Å². The number of anilines is 1. The highest BCUT2D eigenvalue weighted by molar-refractivity contribution is 9.10. The maximum atomic E-state index is 13.1. The van der Waals surface area contributed by atoms with Crippen LogP contribution in [0.2, 0.25) is 0 Å². The van der Waals surface area contributed by atoms with Gasteiger partial charge in [-0.15, -0.1) is 0 Å². The second-order valence-corrected chi connectivity index (χ2v) is 6.45. The van der Waals surface area contributed by atoms with Crippen LogP contribution in [0, 0.1) is 5.82 Å². The van der Waals surface area contributed by atoms with Gasteiger partial charge in [0, 0.05) is 24.5 Å². The van der Waals surface area contributed by atoms with Gasteiger partial charge in [0.25, 0.3) is 0 Å². The number of carbonyl (C=O) groups is 1. The van der Waals surface area contributed by atoms with Gasteiger partial charge in [0.1, 0.15) is 11.5 Å². The van der Waals surface area contributed by atoms with Crippen molar-refractivity contribution in [2.75, 3.05) is 4.90 Å². The lowest BCUT2D eigenvalue weighted by Crippen LogP contribution is -2.35. The van der Waals surface area contributed by atoms with Crippen molar-refractivity contribution in [2.24, 2.45) is 12.8 Å². The average molecular weight is 403 g/mol. The normalized spacial score (nSPS) is 10.7. The smallest absolute Gasteiger partial charge is 0.319 e. The van der Waals surface area contributed by atoms with Crippen molar-refractivity contribution >= 4 is 27.6 Å². The van der Waals surface area contributed by atoms with E-state index in [4.69, 9.17) is 5.73 Å². The molecule has 1 heterocycles. The molecule has 2 amide bonds. The molecule has 0 unspecified atom stereocenters. The third kappa shape index (κ3) is 3.88. The molecule has 3 rings (SSSR count). The molecule has 3 aromatic rings.